The molecule has 1 aromatic carbocycles. The fourth-order valence-corrected chi connectivity index (χ4v) is 1.99. The summed E-state index contributed by atoms with van der Waals surface area (Å²) in [6.07, 6.45) is 4.50. The number of aromatic nitrogens is 1. The third-order valence-corrected chi connectivity index (χ3v) is 2.97. The third kappa shape index (κ3) is 1.84. The van der Waals surface area contributed by atoms with Gasteiger partial charge in [-0.15, -0.1) is 0 Å². The first-order chi connectivity index (χ1) is 8.36. The van der Waals surface area contributed by atoms with E-state index in [1.165, 1.54) is 5.56 Å². The van der Waals surface area contributed by atoms with E-state index in [-0.39, 0.29) is 6.23 Å². The number of benzene rings is 1. The molecule has 3 heteroatoms. The number of fused-ring (bicyclic) bond motifs is 1. The van der Waals surface area contributed by atoms with Crippen molar-refractivity contribution in [1.29, 1.82) is 0 Å². The highest BCUT2D eigenvalue weighted by Crippen LogP contribution is 2.38. The van der Waals surface area contributed by atoms with Crippen molar-refractivity contribution in [1.82, 2.24) is 4.98 Å². The predicted octanol–water partition coefficient (Wildman–Crippen LogP) is 3.15. The molecule has 3 rings (SSSR count). The zero-order valence-electron chi connectivity index (χ0n) is 9.68. The van der Waals surface area contributed by atoms with Gasteiger partial charge in [-0.25, -0.2) is 0 Å². The van der Waals surface area contributed by atoms with Gasteiger partial charge in [-0.2, -0.15) is 0 Å². The van der Waals surface area contributed by atoms with Crippen molar-refractivity contribution in [2.45, 2.75) is 19.6 Å². The van der Waals surface area contributed by atoms with Crippen LogP contribution in [0.5, 0.6) is 5.75 Å². The Labute approximate surface area is 100 Å². The molecule has 0 radical (unpaired) electrons. The zero-order chi connectivity index (χ0) is 11.7. The molecule has 17 heavy (non-hydrogen) atoms. The molecule has 86 valence electrons. The molecular formula is C14H14N2O. The molecule has 2 aromatic rings. The molecule has 0 spiro atoms. The van der Waals surface area contributed by atoms with Crippen LogP contribution in [0.4, 0.5) is 5.69 Å². The molecule has 0 fully saturated rings. The van der Waals surface area contributed by atoms with E-state index in [0.29, 0.717) is 0 Å². The molecular weight excluding hydrogens is 212 g/mol. The van der Waals surface area contributed by atoms with Gasteiger partial charge in [0.25, 0.3) is 0 Å². The Morgan fingerprint density at radius 1 is 1.35 bits per heavy atom. The number of rotatable bonds is 2. The number of aryl methyl sites for hydroxylation is 1. The lowest BCUT2D eigenvalue weighted by molar-refractivity contribution is 0.259. The van der Waals surface area contributed by atoms with Crippen molar-refractivity contribution < 1.29 is 4.74 Å². The molecule has 0 saturated carbocycles. The SMILES string of the molecule is CCc1ccc2c(c1)NC(c1cccnc1)O2. The van der Waals surface area contributed by atoms with E-state index in [9.17, 15) is 0 Å². The summed E-state index contributed by atoms with van der Waals surface area (Å²) in [6.45, 7) is 2.15. The third-order valence-electron chi connectivity index (χ3n) is 2.97. The van der Waals surface area contributed by atoms with Crippen molar-refractivity contribution in [3.63, 3.8) is 0 Å². The summed E-state index contributed by atoms with van der Waals surface area (Å²) in [5.41, 5.74) is 3.42. The molecule has 1 aliphatic heterocycles. The Morgan fingerprint density at radius 2 is 2.29 bits per heavy atom. The van der Waals surface area contributed by atoms with Gasteiger partial charge in [0, 0.05) is 18.0 Å². The highest BCUT2D eigenvalue weighted by Gasteiger charge is 2.23. The van der Waals surface area contributed by atoms with Crippen molar-refractivity contribution in [2.75, 3.05) is 5.32 Å². The maximum Gasteiger partial charge on any atom is 0.198 e. The molecule has 0 bridgehead atoms. The summed E-state index contributed by atoms with van der Waals surface area (Å²) in [7, 11) is 0. The molecule has 1 N–H and O–H groups in total. The van der Waals surface area contributed by atoms with Crippen LogP contribution in [0.15, 0.2) is 42.7 Å². The molecule has 0 amide bonds. The Morgan fingerprint density at radius 3 is 3.06 bits per heavy atom. The van der Waals surface area contributed by atoms with Crippen molar-refractivity contribution in [2.24, 2.45) is 0 Å². The largest absolute Gasteiger partial charge is 0.464 e. The van der Waals surface area contributed by atoms with Gasteiger partial charge in [0.05, 0.1) is 5.69 Å². The van der Waals surface area contributed by atoms with Gasteiger partial charge < -0.3 is 10.1 Å². The number of nitrogens with zero attached hydrogens (tertiary/aromatic N) is 1. The van der Waals surface area contributed by atoms with Crippen LogP contribution in [0.3, 0.4) is 0 Å². The molecule has 2 heterocycles. The molecule has 3 nitrogen and oxygen atoms in total. The van der Waals surface area contributed by atoms with E-state index in [1.807, 2.05) is 24.4 Å². The van der Waals surface area contributed by atoms with Crippen molar-refractivity contribution in [3.8, 4) is 5.75 Å². The van der Waals surface area contributed by atoms with Gasteiger partial charge in [-0.3, -0.25) is 4.98 Å². The van der Waals surface area contributed by atoms with Crippen LogP contribution in [-0.2, 0) is 6.42 Å². The second-order valence-corrected chi connectivity index (χ2v) is 4.11. The van der Waals surface area contributed by atoms with Crippen LogP contribution < -0.4 is 10.1 Å². The summed E-state index contributed by atoms with van der Waals surface area (Å²) in [4.78, 5) is 4.11. The monoisotopic (exact) mass is 226 g/mol. The van der Waals surface area contributed by atoms with E-state index in [1.54, 1.807) is 6.20 Å². The smallest absolute Gasteiger partial charge is 0.198 e. The average Bonchev–Trinajstić information content (AvgIpc) is 2.82. The van der Waals surface area contributed by atoms with E-state index in [4.69, 9.17) is 4.74 Å². The van der Waals surface area contributed by atoms with E-state index in [0.717, 1.165) is 23.4 Å². The second kappa shape index (κ2) is 4.09. The van der Waals surface area contributed by atoms with Gasteiger partial charge in [0.1, 0.15) is 5.75 Å². The summed E-state index contributed by atoms with van der Waals surface area (Å²) in [5, 5.41) is 3.36. The fraction of sp³-hybridized carbons (Fsp3) is 0.214. The molecule has 1 aromatic heterocycles. The molecule has 1 unspecified atom stereocenters. The lowest BCUT2D eigenvalue weighted by atomic mass is 10.1. The lowest BCUT2D eigenvalue weighted by Crippen LogP contribution is -2.10. The number of ether oxygens (including phenoxy) is 1. The molecule has 1 atom stereocenters. The first-order valence-corrected chi connectivity index (χ1v) is 5.83. The van der Waals surface area contributed by atoms with E-state index < -0.39 is 0 Å². The topological polar surface area (TPSA) is 34.2 Å². The quantitative estimate of drug-likeness (QED) is 0.854. The highest BCUT2D eigenvalue weighted by molar-refractivity contribution is 5.62. The zero-order valence-corrected chi connectivity index (χ0v) is 9.68. The van der Waals surface area contributed by atoms with Gasteiger partial charge in [-0.1, -0.05) is 19.1 Å². The Bertz CT molecular complexity index is 525. The molecule has 0 saturated heterocycles. The second-order valence-electron chi connectivity index (χ2n) is 4.11. The molecule has 1 aliphatic rings. The number of hydrogen-bond donors (Lipinski definition) is 1. The van der Waals surface area contributed by atoms with Crippen LogP contribution in [0.2, 0.25) is 0 Å². The summed E-state index contributed by atoms with van der Waals surface area (Å²) < 4.78 is 5.84. The first-order valence-electron chi connectivity index (χ1n) is 5.83. The van der Waals surface area contributed by atoms with Crippen LogP contribution in [0.1, 0.15) is 24.3 Å². The lowest BCUT2D eigenvalue weighted by Gasteiger charge is -2.10. The maximum absolute atomic E-state index is 5.84. The summed E-state index contributed by atoms with van der Waals surface area (Å²) in [6, 6.07) is 10.2. The number of pyridine rings is 1. The Hall–Kier alpha value is -2.03. The maximum atomic E-state index is 5.84. The van der Waals surface area contributed by atoms with Crippen LogP contribution in [0.25, 0.3) is 0 Å². The Kier molecular flexibility index (Phi) is 2.44. The number of nitrogens with one attached hydrogen (secondary N) is 1. The average molecular weight is 226 g/mol. The Balaban J connectivity index is 1.88. The van der Waals surface area contributed by atoms with Crippen LogP contribution in [-0.4, -0.2) is 4.98 Å². The van der Waals surface area contributed by atoms with Gasteiger partial charge in [0.15, 0.2) is 6.23 Å². The fourth-order valence-electron chi connectivity index (χ4n) is 1.99. The summed E-state index contributed by atoms with van der Waals surface area (Å²) in [5.74, 6) is 0.913. The minimum atomic E-state index is -0.120. The van der Waals surface area contributed by atoms with Crippen molar-refractivity contribution >= 4 is 5.69 Å². The normalized spacial score (nSPS) is 17.1. The van der Waals surface area contributed by atoms with Crippen LogP contribution >= 0.6 is 0 Å². The minimum absolute atomic E-state index is 0.120. The first kappa shape index (κ1) is 10.1. The van der Waals surface area contributed by atoms with Crippen molar-refractivity contribution in [3.05, 3.63) is 53.9 Å². The van der Waals surface area contributed by atoms with E-state index in [2.05, 4.69) is 29.4 Å². The molecule has 0 aliphatic carbocycles. The highest BCUT2D eigenvalue weighted by atomic mass is 16.5. The van der Waals surface area contributed by atoms with Gasteiger partial charge in [-0.05, 0) is 30.2 Å². The minimum Gasteiger partial charge on any atom is -0.464 e. The predicted molar refractivity (Wildman–Crippen MR) is 67.0 cm³/mol. The van der Waals surface area contributed by atoms with E-state index >= 15 is 0 Å². The van der Waals surface area contributed by atoms with Crippen LogP contribution in [0, 0.1) is 0 Å². The van der Waals surface area contributed by atoms with Gasteiger partial charge in [0.2, 0.25) is 0 Å². The number of hydrogen-bond acceptors (Lipinski definition) is 3. The van der Waals surface area contributed by atoms with Gasteiger partial charge >= 0.3 is 0 Å². The summed E-state index contributed by atoms with van der Waals surface area (Å²) >= 11 is 0. The number of anilines is 1. The standard InChI is InChI=1S/C14H14N2O/c1-2-10-5-6-13-12(8-10)16-14(17-13)11-4-3-7-15-9-11/h3-9,14,16H,2H2,1H3.